The Morgan fingerprint density at radius 2 is 1.79 bits per heavy atom. The molecule has 0 bridgehead atoms. The molecule has 0 aliphatic carbocycles. The van der Waals surface area contributed by atoms with Crippen LogP contribution in [0.4, 0.5) is 0 Å². The number of ether oxygens (including phenoxy) is 2. The summed E-state index contributed by atoms with van der Waals surface area (Å²) in [5.74, 6) is 1.73. The van der Waals surface area contributed by atoms with Gasteiger partial charge in [-0.25, -0.2) is 0 Å². The highest BCUT2D eigenvalue weighted by atomic mass is 16.5. The SMILES string of the molecule is COc1ccc(OCCNC(C)CCN(C)C)cc1. The van der Waals surface area contributed by atoms with Crippen LogP contribution in [0, 0.1) is 0 Å². The highest BCUT2D eigenvalue weighted by Crippen LogP contribution is 2.16. The molecular weight excluding hydrogens is 240 g/mol. The van der Waals surface area contributed by atoms with Gasteiger partial charge in [0.05, 0.1) is 7.11 Å². The van der Waals surface area contributed by atoms with Crippen molar-refractivity contribution in [3.05, 3.63) is 24.3 Å². The van der Waals surface area contributed by atoms with Gasteiger partial charge in [-0.15, -0.1) is 0 Å². The zero-order valence-corrected chi connectivity index (χ0v) is 12.5. The lowest BCUT2D eigenvalue weighted by atomic mass is 10.2. The minimum absolute atomic E-state index is 0.516. The van der Waals surface area contributed by atoms with E-state index in [0.717, 1.165) is 31.0 Å². The summed E-state index contributed by atoms with van der Waals surface area (Å²) in [6.07, 6.45) is 1.15. The maximum atomic E-state index is 5.65. The first kappa shape index (κ1) is 15.8. The molecule has 0 aliphatic rings. The molecule has 0 aromatic heterocycles. The fourth-order valence-electron chi connectivity index (χ4n) is 1.70. The minimum atomic E-state index is 0.516. The quantitative estimate of drug-likeness (QED) is 0.693. The van der Waals surface area contributed by atoms with Crippen LogP contribution in [0.5, 0.6) is 11.5 Å². The number of hydrogen-bond donors (Lipinski definition) is 1. The Balaban J connectivity index is 2.12. The molecule has 19 heavy (non-hydrogen) atoms. The second kappa shape index (κ2) is 8.77. The zero-order chi connectivity index (χ0) is 14.1. The molecule has 0 amide bonds. The van der Waals surface area contributed by atoms with Crippen molar-refractivity contribution in [2.45, 2.75) is 19.4 Å². The lowest BCUT2D eigenvalue weighted by molar-refractivity contribution is 0.298. The Labute approximate surface area is 116 Å². The van der Waals surface area contributed by atoms with Crippen molar-refractivity contribution in [3.8, 4) is 11.5 Å². The molecule has 4 heteroatoms. The summed E-state index contributed by atoms with van der Waals surface area (Å²) in [5, 5.41) is 3.45. The zero-order valence-electron chi connectivity index (χ0n) is 12.5. The van der Waals surface area contributed by atoms with Crippen LogP contribution in [0.15, 0.2) is 24.3 Å². The standard InChI is InChI=1S/C15H26N2O2/c1-13(9-11-17(2)3)16-10-12-19-15-7-5-14(18-4)6-8-15/h5-8,13,16H,9-12H2,1-4H3. The second-order valence-corrected chi connectivity index (χ2v) is 4.97. The lowest BCUT2D eigenvalue weighted by Crippen LogP contribution is -2.32. The van der Waals surface area contributed by atoms with E-state index in [2.05, 4.69) is 31.2 Å². The van der Waals surface area contributed by atoms with Gasteiger partial charge in [0.15, 0.2) is 0 Å². The summed E-state index contributed by atoms with van der Waals surface area (Å²) in [5.41, 5.74) is 0. The summed E-state index contributed by atoms with van der Waals surface area (Å²) < 4.78 is 10.8. The van der Waals surface area contributed by atoms with Crippen LogP contribution in [0.2, 0.25) is 0 Å². The van der Waals surface area contributed by atoms with Crippen molar-refractivity contribution in [2.24, 2.45) is 0 Å². The van der Waals surface area contributed by atoms with Crippen LogP contribution in [0.25, 0.3) is 0 Å². The Bertz CT molecular complexity index is 339. The fourth-order valence-corrected chi connectivity index (χ4v) is 1.70. The number of methoxy groups -OCH3 is 1. The fraction of sp³-hybridized carbons (Fsp3) is 0.600. The number of nitrogens with zero attached hydrogens (tertiary/aromatic N) is 1. The predicted octanol–water partition coefficient (Wildman–Crippen LogP) is 2.00. The van der Waals surface area contributed by atoms with Crippen LogP contribution in [0.3, 0.4) is 0 Å². The number of hydrogen-bond acceptors (Lipinski definition) is 4. The first-order chi connectivity index (χ1) is 9.11. The molecule has 108 valence electrons. The predicted molar refractivity (Wildman–Crippen MR) is 79.1 cm³/mol. The normalized spacial score (nSPS) is 12.5. The van der Waals surface area contributed by atoms with Crippen molar-refractivity contribution in [3.63, 3.8) is 0 Å². The maximum Gasteiger partial charge on any atom is 0.119 e. The summed E-state index contributed by atoms with van der Waals surface area (Å²) in [4.78, 5) is 2.20. The van der Waals surface area contributed by atoms with E-state index in [4.69, 9.17) is 9.47 Å². The van der Waals surface area contributed by atoms with Crippen LogP contribution in [-0.4, -0.2) is 51.8 Å². The van der Waals surface area contributed by atoms with E-state index in [0.29, 0.717) is 12.6 Å². The van der Waals surface area contributed by atoms with E-state index in [-0.39, 0.29) is 0 Å². The van der Waals surface area contributed by atoms with E-state index >= 15 is 0 Å². The molecule has 0 saturated carbocycles. The lowest BCUT2D eigenvalue weighted by Gasteiger charge is -2.16. The summed E-state index contributed by atoms with van der Waals surface area (Å²) in [6.45, 7) is 4.85. The van der Waals surface area contributed by atoms with Gasteiger partial charge in [-0.05, 0) is 58.3 Å². The van der Waals surface area contributed by atoms with Gasteiger partial charge in [0.2, 0.25) is 0 Å². The largest absolute Gasteiger partial charge is 0.497 e. The number of rotatable bonds is 9. The Morgan fingerprint density at radius 3 is 2.37 bits per heavy atom. The van der Waals surface area contributed by atoms with Crippen molar-refractivity contribution in [2.75, 3.05) is 40.9 Å². The van der Waals surface area contributed by atoms with Crippen LogP contribution in [0.1, 0.15) is 13.3 Å². The number of benzene rings is 1. The van der Waals surface area contributed by atoms with Crippen molar-refractivity contribution in [1.29, 1.82) is 0 Å². The summed E-state index contributed by atoms with van der Waals surface area (Å²) in [6, 6.07) is 8.18. The van der Waals surface area contributed by atoms with E-state index in [1.165, 1.54) is 0 Å². The Kier molecular flexibility index (Phi) is 7.30. The molecule has 1 atom stereocenters. The maximum absolute atomic E-state index is 5.65. The van der Waals surface area contributed by atoms with Crippen molar-refractivity contribution in [1.82, 2.24) is 10.2 Å². The highest BCUT2D eigenvalue weighted by molar-refractivity contribution is 5.31. The van der Waals surface area contributed by atoms with Crippen LogP contribution < -0.4 is 14.8 Å². The van der Waals surface area contributed by atoms with Crippen LogP contribution >= 0.6 is 0 Å². The molecule has 0 fully saturated rings. The smallest absolute Gasteiger partial charge is 0.119 e. The van der Waals surface area contributed by atoms with E-state index < -0.39 is 0 Å². The Hall–Kier alpha value is -1.26. The molecule has 1 aromatic carbocycles. The second-order valence-electron chi connectivity index (χ2n) is 4.97. The van der Waals surface area contributed by atoms with Gasteiger partial charge in [0, 0.05) is 12.6 Å². The highest BCUT2D eigenvalue weighted by Gasteiger charge is 2.01. The molecule has 1 aromatic rings. The van der Waals surface area contributed by atoms with Crippen LogP contribution in [-0.2, 0) is 0 Å². The molecule has 0 aliphatic heterocycles. The molecular formula is C15H26N2O2. The molecule has 4 nitrogen and oxygen atoms in total. The first-order valence-electron chi connectivity index (χ1n) is 6.77. The molecule has 0 spiro atoms. The Morgan fingerprint density at radius 1 is 1.16 bits per heavy atom. The van der Waals surface area contributed by atoms with Gasteiger partial charge in [0.1, 0.15) is 18.1 Å². The van der Waals surface area contributed by atoms with Gasteiger partial charge < -0.3 is 19.7 Å². The van der Waals surface area contributed by atoms with Crippen molar-refractivity contribution < 1.29 is 9.47 Å². The number of nitrogens with one attached hydrogen (secondary N) is 1. The third-order valence-corrected chi connectivity index (χ3v) is 2.93. The minimum Gasteiger partial charge on any atom is -0.497 e. The van der Waals surface area contributed by atoms with E-state index in [9.17, 15) is 0 Å². The average Bonchev–Trinajstić information content (AvgIpc) is 2.42. The van der Waals surface area contributed by atoms with Gasteiger partial charge in [0.25, 0.3) is 0 Å². The van der Waals surface area contributed by atoms with Gasteiger partial charge in [-0.3, -0.25) is 0 Å². The molecule has 0 radical (unpaired) electrons. The average molecular weight is 266 g/mol. The third-order valence-electron chi connectivity index (χ3n) is 2.93. The summed E-state index contributed by atoms with van der Waals surface area (Å²) >= 11 is 0. The van der Waals surface area contributed by atoms with Gasteiger partial charge in [-0.1, -0.05) is 0 Å². The molecule has 1 rings (SSSR count). The monoisotopic (exact) mass is 266 g/mol. The topological polar surface area (TPSA) is 33.7 Å². The molecule has 0 saturated heterocycles. The third kappa shape index (κ3) is 7.03. The first-order valence-corrected chi connectivity index (χ1v) is 6.77. The summed E-state index contributed by atoms with van der Waals surface area (Å²) in [7, 11) is 5.86. The van der Waals surface area contributed by atoms with Gasteiger partial charge >= 0.3 is 0 Å². The van der Waals surface area contributed by atoms with E-state index in [1.807, 2.05) is 24.3 Å². The van der Waals surface area contributed by atoms with Gasteiger partial charge in [-0.2, -0.15) is 0 Å². The van der Waals surface area contributed by atoms with Crippen molar-refractivity contribution >= 4 is 0 Å². The van der Waals surface area contributed by atoms with E-state index in [1.54, 1.807) is 7.11 Å². The molecule has 1 unspecified atom stereocenters. The molecule has 1 N–H and O–H groups in total. The molecule has 0 heterocycles.